The Morgan fingerprint density at radius 1 is 1.39 bits per heavy atom. The Kier molecular flexibility index (Phi) is 4.81. The van der Waals surface area contributed by atoms with Crippen molar-refractivity contribution in [3.8, 4) is 0 Å². The minimum atomic E-state index is 0.133. The fourth-order valence-electron chi connectivity index (χ4n) is 2.59. The number of hydrogen-bond acceptors (Lipinski definition) is 1. The van der Waals surface area contributed by atoms with Gasteiger partial charge in [-0.3, -0.25) is 4.79 Å². The maximum absolute atomic E-state index is 11.9. The molecule has 2 rings (SSSR count). The highest BCUT2D eigenvalue weighted by atomic mass is 79.9. The molecule has 18 heavy (non-hydrogen) atoms. The number of rotatable bonds is 4. The average Bonchev–Trinajstić information content (AvgIpc) is 2.86. The van der Waals surface area contributed by atoms with Crippen molar-refractivity contribution in [2.45, 2.75) is 45.4 Å². The number of hydrogen-bond donors (Lipinski definition) is 1. The monoisotopic (exact) mass is 309 g/mol. The molecule has 1 saturated carbocycles. The third-order valence-corrected chi connectivity index (χ3v) is 4.77. The van der Waals surface area contributed by atoms with Crippen molar-refractivity contribution in [2.24, 2.45) is 5.92 Å². The molecule has 1 aliphatic rings. The topological polar surface area (TPSA) is 29.1 Å². The fourth-order valence-corrected chi connectivity index (χ4v) is 2.95. The highest BCUT2D eigenvalue weighted by Crippen LogP contribution is 2.29. The summed E-state index contributed by atoms with van der Waals surface area (Å²) >= 11 is 3.51. The second-order valence-corrected chi connectivity index (χ2v) is 5.97. The number of carbonyl (C=O) groups excluding carboxylic acids is 1. The molecule has 0 saturated heterocycles. The van der Waals surface area contributed by atoms with Crippen molar-refractivity contribution in [3.63, 3.8) is 0 Å². The lowest BCUT2D eigenvalue weighted by atomic mass is 10.0. The van der Waals surface area contributed by atoms with E-state index >= 15 is 0 Å². The zero-order valence-corrected chi connectivity index (χ0v) is 12.4. The normalized spacial score (nSPS) is 15.9. The minimum Gasteiger partial charge on any atom is -0.325 e. The van der Waals surface area contributed by atoms with Crippen molar-refractivity contribution in [3.05, 3.63) is 28.2 Å². The highest BCUT2D eigenvalue weighted by molar-refractivity contribution is 9.10. The summed E-state index contributed by atoms with van der Waals surface area (Å²) in [5.41, 5.74) is 2.02. The van der Waals surface area contributed by atoms with Gasteiger partial charge in [-0.25, -0.2) is 0 Å². The van der Waals surface area contributed by atoms with Crippen molar-refractivity contribution < 1.29 is 4.79 Å². The Morgan fingerprint density at radius 3 is 2.83 bits per heavy atom. The van der Waals surface area contributed by atoms with Crippen LogP contribution in [0.3, 0.4) is 0 Å². The van der Waals surface area contributed by atoms with E-state index in [0.29, 0.717) is 6.42 Å². The third kappa shape index (κ3) is 3.58. The molecular formula is C15H20BrNO. The molecule has 3 heteroatoms. The Labute approximate surface area is 117 Å². The third-order valence-electron chi connectivity index (χ3n) is 3.72. The molecule has 1 aliphatic carbocycles. The van der Waals surface area contributed by atoms with Crippen LogP contribution in [0.2, 0.25) is 0 Å². The fraction of sp³-hybridized carbons (Fsp3) is 0.533. The van der Waals surface area contributed by atoms with Gasteiger partial charge >= 0.3 is 0 Å². The number of carbonyl (C=O) groups is 1. The van der Waals surface area contributed by atoms with Crippen molar-refractivity contribution in [2.75, 3.05) is 5.32 Å². The largest absolute Gasteiger partial charge is 0.325 e. The zero-order valence-electron chi connectivity index (χ0n) is 10.8. The second kappa shape index (κ2) is 6.37. The van der Waals surface area contributed by atoms with Crippen LogP contribution in [-0.2, 0) is 4.79 Å². The molecule has 0 radical (unpaired) electrons. The molecule has 0 heterocycles. The Balaban J connectivity index is 1.84. The molecule has 1 aromatic rings. The maximum Gasteiger partial charge on any atom is 0.224 e. The summed E-state index contributed by atoms with van der Waals surface area (Å²) in [5.74, 6) is 0.907. The van der Waals surface area contributed by atoms with Gasteiger partial charge in [0.15, 0.2) is 0 Å². The summed E-state index contributed by atoms with van der Waals surface area (Å²) in [7, 11) is 0. The van der Waals surface area contributed by atoms with E-state index in [9.17, 15) is 4.79 Å². The van der Waals surface area contributed by atoms with E-state index in [1.807, 2.05) is 25.1 Å². The van der Waals surface area contributed by atoms with Crippen molar-refractivity contribution in [1.82, 2.24) is 0 Å². The molecule has 2 nitrogen and oxygen atoms in total. The highest BCUT2D eigenvalue weighted by Gasteiger charge is 2.16. The van der Waals surface area contributed by atoms with Gasteiger partial charge in [0.2, 0.25) is 5.91 Å². The van der Waals surface area contributed by atoms with Gasteiger partial charge in [0.1, 0.15) is 0 Å². The average molecular weight is 310 g/mol. The smallest absolute Gasteiger partial charge is 0.224 e. The maximum atomic E-state index is 11.9. The van der Waals surface area contributed by atoms with E-state index in [2.05, 4.69) is 21.2 Å². The summed E-state index contributed by atoms with van der Waals surface area (Å²) in [6.45, 7) is 2.03. The number of amides is 1. The van der Waals surface area contributed by atoms with Crippen LogP contribution < -0.4 is 5.32 Å². The van der Waals surface area contributed by atoms with E-state index in [4.69, 9.17) is 0 Å². The lowest BCUT2D eigenvalue weighted by molar-refractivity contribution is -0.116. The summed E-state index contributed by atoms with van der Waals surface area (Å²) in [6, 6.07) is 5.93. The van der Waals surface area contributed by atoms with Crippen LogP contribution in [0, 0.1) is 12.8 Å². The van der Waals surface area contributed by atoms with Gasteiger partial charge in [0, 0.05) is 10.9 Å². The van der Waals surface area contributed by atoms with Crippen LogP contribution in [0.1, 0.15) is 44.1 Å². The summed E-state index contributed by atoms with van der Waals surface area (Å²) in [5, 5.41) is 2.99. The molecule has 98 valence electrons. The predicted octanol–water partition coefficient (Wildman–Crippen LogP) is 4.67. The number of aryl methyl sites for hydroxylation is 1. The molecule has 1 N–H and O–H groups in total. The van der Waals surface area contributed by atoms with Gasteiger partial charge in [0.25, 0.3) is 0 Å². The van der Waals surface area contributed by atoms with Crippen LogP contribution in [-0.4, -0.2) is 5.91 Å². The second-order valence-electron chi connectivity index (χ2n) is 5.17. The molecule has 1 amide bonds. The first-order chi connectivity index (χ1) is 8.66. The quantitative estimate of drug-likeness (QED) is 0.860. The van der Waals surface area contributed by atoms with Gasteiger partial charge in [-0.1, -0.05) is 37.8 Å². The first-order valence-electron chi connectivity index (χ1n) is 6.72. The van der Waals surface area contributed by atoms with E-state index in [1.54, 1.807) is 0 Å². The van der Waals surface area contributed by atoms with Crippen LogP contribution >= 0.6 is 15.9 Å². The van der Waals surface area contributed by atoms with Crippen molar-refractivity contribution >= 4 is 27.5 Å². The molecular weight excluding hydrogens is 290 g/mol. The molecule has 0 atom stereocenters. The summed E-state index contributed by atoms with van der Waals surface area (Å²) in [6.07, 6.45) is 6.98. The van der Waals surface area contributed by atoms with Gasteiger partial charge in [0.05, 0.1) is 5.69 Å². The predicted molar refractivity (Wildman–Crippen MR) is 78.7 cm³/mol. The van der Waals surface area contributed by atoms with E-state index in [-0.39, 0.29) is 5.91 Å². The molecule has 0 unspecified atom stereocenters. The minimum absolute atomic E-state index is 0.133. The molecule has 1 aromatic carbocycles. The molecule has 0 aliphatic heterocycles. The van der Waals surface area contributed by atoms with Crippen LogP contribution in [0.15, 0.2) is 22.7 Å². The Hall–Kier alpha value is -0.830. The molecule has 0 aromatic heterocycles. The number of halogens is 1. The number of anilines is 1. The van der Waals surface area contributed by atoms with Crippen LogP contribution in [0.4, 0.5) is 5.69 Å². The number of nitrogens with one attached hydrogen (secondary N) is 1. The van der Waals surface area contributed by atoms with Crippen molar-refractivity contribution in [1.29, 1.82) is 0 Å². The standard InChI is InChI=1S/C15H20BrNO/c1-11-5-4-8-13(15(11)16)17-14(18)10-9-12-6-2-3-7-12/h4-5,8,12H,2-3,6-7,9-10H2,1H3,(H,17,18). The first kappa shape index (κ1) is 13.6. The van der Waals surface area contributed by atoms with E-state index in [1.165, 1.54) is 25.7 Å². The molecule has 0 bridgehead atoms. The summed E-state index contributed by atoms with van der Waals surface area (Å²) in [4.78, 5) is 11.9. The molecule has 0 spiro atoms. The van der Waals surface area contributed by atoms with Gasteiger partial charge in [-0.2, -0.15) is 0 Å². The van der Waals surface area contributed by atoms with Crippen LogP contribution in [0.5, 0.6) is 0 Å². The Bertz CT molecular complexity index is 425. The van der Waals surface area contributed by atoms with E-state index in [0.717, 1.165) is 28.1 Å². The SMILES string of the molecule is Cc1cccc(NC(=O)CCC2CCCC2)c1Br. The lowest BCUT2D eigenvalue weighted by Gasteiger charge is -2.11. The van der Waals surface area contributed by atoms with Crippen LogP contribution in [0.25, 0.3) is 0 Å². The summed E-state index contributed by atoms with van der Waals surface area (Å²) < 4.78 is 0.985. The first-order valence-corrected chi connectivity index (χ1v) is 7.51. The zero-order chi connectivity index (χ0) is 13.0. The molecule has 1 fully saturated rings. The van der Waals surface area contributed by atoms with Gasteiger partial charge < -0.3 is 5.32 Å². The van der Waals surface area contributed by atoms with Gasteiger partial charge in [-0.15, -0.1) is 0 Å². The van der Waals surface area contributed by atoms with E-state index < -0.39 is 0 Å². The lowest BCUT2D eigenvalue weighted by Crippen LogP contribution is -2.13. The Morgan fingerprint density at radius 2 is 2.11 bits per heavy atom. The number of benzene rings is 1. The van der Waals surface area contributed by atoms with Gasteiger partial charge in [-0.05, 0) is 46.8 Å².